The van der Waals surface area contributed by atoms with Crippen molar-refractivity contribution < 1.29 is 14.8 Å². The molecule has 0 unspecified atom stereocenters. The Bertz CT molecular complexity index is 744. The fourth-order valence-electron chi connectivity index (χ4n) is 1.60. The minimum Gasteiger partial charge on any atom is -0.502 e. The predicted molar refractivity (Wildman–Crippen MR) is 81.3 cm³/mol. The second-order valence-electron chi connectivity index (χ2n) is 4.21. The maximum atomic E-state index is 11.8. The number of nitro groups is 1. The average molecular weight is 320 g/mol. The van der Waals surface area contributed by atoms with Crippen molar-refractivity contribution in [1.82, 2.24) is 5.43 Å². The summed E-state index contributed by atoms with van der Waals surface area (Å²) in [6, 6.07) is 9.98. The molecule has 0 saturated heterocycles. The van der Waals surface area contributed by atoms with Crippen molar-refractivity contribution in [3.63, 3.8) is 0 Å². The molecule has 0 atom stereocenters. The predicted octanol–water partition coefficient (Wildman–Crippen LogP) is 2.72. The van der Waals surface area contributed by atoms with E-state index in [9.17, 15) is 20.0 Å². The van der Waals surface area contributed by atoms with Gasteiger partial charge in [-0.15, -0.1) is 0 Å². The van der Waals surface area contributed by atoms with E-state index in [2.05, 4.69) is 10.5 Å². The minimum atomic E-state index is -0.709. The van der Waals surface area contributed by atoms with Crippen LogP contribution in [0.3, 0.4) is 0 Å². The molecular formula is C14H10ClN3O4. The molecule has 2 rings (SSSR count). The van der Waals surface area contributed by atoms with E-state index < -0.39 is 22.3 Å². The number of rotatable bonds is 4. The van der Waals surface area contributed by atoms with Gasteiger partial charge in [-0.2, -0.15) is 5.10 Å². The Hall–Kier alpha value is -2.93. The Morgan fingerprint density at radius 2 is 1.95 bits per heavy atom. The van der Waals surface area contributed by atoms with Crippen molar-refractivity contribution in [1.29, 1.82) is 0 Å². The Kier molecular flexibility index (Phi) is 4.70. The standard InChI is InChI=1S/C14H10ClN3O4/c15-11-4-2-10(3-5-11)14(20)17-16-8-9-1-6-13(19)12(7-9)18(21)22/h1-8,19H,(H,17,20)/b16-8+. The topological polar surface area (TPSA) is 105 Å². The van der Waals surface area contributed by atoms with Gasteiger partial charge >= 0.3 is 5.69 Å². The van der Waals surface area contributed by atoms with E-state index in [4.69, 9.17) is 11.6 Å². The number of halogens is 1. The van der Waals surface area contributed by atoms with E-state index in [1.807, 2.05) is 0 Å². The largest absolute Gasteiger partial charge is 0.502 e. The van der Waals surface area contributed by atoms with Crippen LogP contribution in [0.5, 0.6) is 5.75 Å². The lowest BCUT2D eigenvalue weighted by Gasteiger charge is -2.00. The molecule has 22 heavy (non-hydrogen) atoms. The Morgan fingerprint density at radius 1 is 1.27 bits per heavy atom. The first-order valence-electron chi connectivity index (χ1n) is 6.04. The summed E-state index contributed by atoms with van der Waals surface area (Å²) in [5, 5.41) is 24.2. The number of benzene rings is 2. The van der Waals surface area contributed by atoms with Gasteiger partial charge in [-0.3, -0.25) is 14.9 Å². The Balaban J connectivity index is 2.06. The van der Waals surface area contributed by atoms with Crippen molar-refractivity contribution in [3.05, 3.63) is 68.7 Å². The highest BCUT2D eigenvalue weighted by atomic mass is 35.5. The molecule has 0 saturated carbocycles. The van der Waals surface area contributed by atoms with Crippen molar-refractivity contribution in [2.24, 2.45) is 5.10 Å². The summed E-state index contributed by atoms with van der Waals surface area (Å²) in [5.41, 5.74) is 2.58. The molecule has 0 bridgehead atoms. The smallest absolute Gasteiger partial charge is 0.311 e. The van der Waals surface area contributed by atoms with Gasteiger partial charge in [0, 0.05) is 22.2 Å². The molecule has 0 heterocycles. The highest BCUT2D eigenvalue weighted by Crippen LogP contribution is 2.25. The number of carbonyl (C=O) groups is 1. The van der Waals surface area contributed by atoms with Gasteiger partial charge in [-0.05, 0) is 36.4 Å². The minimum absolute atomic E-state index is 0.362. The number of nitrogens with zero attached hydrogens (tertiary/aromatic N) is 2. The van der Waals surface area contributed by atoms with Crippen LogP contribution in [0.25, 0.3) is 0 Å². The molecule has 0 radical (unpaired) electrons. The van der Waals surface area contributed by atoms with E-state index in [1.54, 1.807) is 24.3 Å². The third-order valence-corrected chi connectivity index (χ3v) is 2.93. The molecule has 2 aromatic rings. The molecule has 0 aliphatic rings. The highest BCUT2D eigenvalue weighted by molar-refractivity contribution is 6.30. The molecule has 112 valence electrons. The van der Waals surface area contributed by atoms with Crippen LogP contribution in [0, 0.1) is 10.1 Å². The average Bonchev–Trinajstić information content (AvgIpc) is 2.49. The quantitative estimate of drug-likeness (QED) is 0.513. The normalized spacial score (nSPS) is 10.6. The van der Waals surface area contributed by atoms with Gasteiger partial charge in [0.1, 0.15) is 0 Å². The fourth-order valence-corrected chi connectivity index (χ4v) is 1.72. The fraction of sp³-hybridized carbons (Fsp3) is 0. The van der Waals surface area contributed by atoms with Gasteiger partial charge in [0.15, 0.2) is 5.75 Å². The van der Waals surface area contributed by atoms with Crippen LogP contribution >= 0.6 is 11.6 Å². The van der Waals surface area contributed by atoms with Crippen molar-refractivity contribution in [2.75, 3.05) is 0 Å². The number of amides is 1. The lowest BCUT2D eigenvalue weighted by molar-refractivity contribution is -0.385. The number of aromatic hydroxyl groups is 1. The zero-order valence-electron chi connectivity index (χ0n) is 11.1. The van der Waals surface area contributed by atoms with Gasteiger partial charge in [-0.25, -0.2) is 5.43 Å². The molecule has 1 amide bonds. The highest BCUT2D eigenvalue weighted by Gasteiger charge is 2.12. The van der Waals surface area contributed by atoms with Crippen molar-refractivity contribution in [2.45, 2.75) is 0 Å². The first-order chi connectivity index (χ1) is 10.5. The summed E-state index contributed by atoms with van der Waals surface area (Å²) in [5.74, 6) is -0.881. The summed E-state index contributed by atoms with van der Waals surface area (Å²) in [6.45, 7) is 0. The molecule has 0 aliphatic carbocycles. The van der Waals surface area contributed by atoms with Crippen LogP contribution in [-0.4, -0.2) is 22.2 Å². The zero-order valence-corrected chi connectivity index (χ0v) is 11.8. The maximum Gasteiger partial charge on any atom is 0.311 e. The van der Waals surface area contributed by atoms with Gasteiger partial charge in [0.25, 0.3) is 5.91 Å². The summed E-state index contributed by atoms with van der Waals surface area (Å²) >= 11 is 5.72. The molecule has 0 aromatic heterocycles. The van der Waals surface area contributed by atoms with Crippen LogP contribution in [0.15, 0.2) is 47.6 Å². The number of hydrazone groups is 1. The van der Waals surface area contributed by atoms with E-state index in [0.717, 1.165) is 6.07 Å². The van der Waals surface area contributed by atoms with Crippen molar-refractivity contribution >= 4 is 29.4 Å². The number of hydrogen-bond donors (Lipinski definition) is 2. The number of nitro benzene ring substituents is 1. The van der Waals surface area contributed by atoms with Crippen molar-refractivity contribution in [3.8, 4) is 5.75 Å². The number of phenols is 1. The van der Waals surface area contributed by atoms with Crippen LogP contribution in [0.4, 0.5) is 5.69 Å². The van der Waals surface area contributed by atoms with Gasteiger partial charge in [-0.1, -0.05) is 11.6 Å². The molecule has 0 spiro atoms. The second-order valence-corrected chi connectivity index (χ2v) is 4.65. The maximum absolute atomic E-state index is 11.8. The second kappa shape index (κ2) is 6.68. The van der Waals surface area contributed by atoms with E-state index in [-0.39, 0.29) is 0 Å². The van der Waals surface area contributed by atoms with Gasteiger partial charge in [0.2, 0.25) is 0 Å². The molecule has 8 heteroatoms. The van der Waals surface area contributed by atoms with E-state index in [0.29, 0.717) is 16.1 Å². The zero-order chi connectivity index (χ0) is 16.1. The van der Waals surface area contributed by atoms with Crippen LogP contribution in [0.2, 0.25) is 5.02 Å². The SMILES string of the molecule is O=C(N/N=C/c1ccc(O)c([N+](=O)[O-])c1)c1ccc(Cl)cc1. The number of phenolic OH excluding ortho intramolecular Hbond substituents is 1. The van der Waals surface area contributed by atoms with Crippen LogP contribution < -0.4 is 5.43 Å². The molecule has 2 aromatic carbocycles. The van der Waals surface area contributed by atoms with Gasteiger partial charge in [0.05, 0.1) is 11.1 Å². The molecule has 0 aliphatic heterocycles. The number of nitrogens with one attached hydrogen (secondary N) is 1. The third kappa shape index (κ3) is 3.80. The van der Waals surface area contributed by atoms with E-state index >= 15 is 0 Å². The van der Waals surface area contributed by atoms with Crippen LogP contribution in [-0.2, 0) is 0 Å². The molecular weight excluding hydrogens is 310 g/mol. The molecule has 7 nitrogen and oxygen atoms in total. The Labute approximate surface area is 130 Å². The summed E-state index contributed by atoms with van der Waals surface area (Å²) in [6.07, 6.45) is 1.24. The summed E-state index contributed by atoms with van der Waals surface area (Å²) in [7, 11) is 0. The molecule has 2 N–H and O–H groups in total. The summed E-state index contributed by atoms with van der Waals surface area (Å²) < 4.78 is 0. The monoisotopic (exact) mass is 319 g/mol. The van der Waals surface area contributed by atoms with Crippen LogP contribution in [0.1, 0.15) is 15.9 Å². The first kappa shape index (κ1) is 15.5. The number of hydrogen-bond acceptors (Lipinski definition) is 5. The number of carbonyl (C=O) groups excluding carboxylic acids is 1. The van der Waals surface area contributed by atoms with E-state index in [1.165, 1.54) is 18.3 Å². The first-order valence-corrected chi connectivity index (χ1v) is 6.41. The third-order valence-electron chi connectivity index (χ3n) is 2.68. The lowest BCUT2D eigenvalue weighted by atomic mass is 10.2. The Morgan fingerprint density at radius 3 is 2.59 bits per heavy atom. The lowest BCUT2D eigenvalue weighted by Crippen LogP contribution is -2.17. The summed E-state index contributed by atoms with van der Waals surface area (Å²) in [4.78, 5) is 21.7. The van der Waals surface area contributed by atoms with Gasteiger partial charge < -0.3 is 5.11 Å². The molecule has 0 fully saturated rings.